The molecule has 3 rings (SSSR count). The summed E-state index contributed by atoms with van der Waals surface area (Å²) in [4.78, 5) is 4.60. The van der Waals surface area contributed by atoms with E-state index in [9.17, 15) is 0 Å². The third-order valence-corrected chi connectivity index (χ3v) is 4.06. The van der Waals surface area contributed by atoms with E-state index in [1.165, 1.54) is 0 Å². The van der Waals surface area contributed by atoms with Gasteiger partial charge in [0.05, 0.1) is 5.69 Å². The lowest BCUT2D eigenvalue weighted by Crippen LogP contribution is -1.98. The van der Waals surface area contributed by atoms with Crippen molar-refractivity contribution in [1.29, 1.82) is 0 Å². The smallest absolute Gasteiger partial charge is 0.131 e. The summed E-state index contributed by atoms with van der Waals surface area (Å²) < 4.78 is 5.74. The Morgan fingerprint density at radius 3 is 2.48 bits per heavy atom. The first-order chi connectivity index (χ1) is 10.3. The van der Waals surface area contributed by atoms with Crippen molar-refractivity contribution in [3.8, 4) is 16.3 Å². The average molecular weight is 296 g/mol. The summed E-state index contributed by atoms with van der Waals surface area (Å²) in [5.74, 6) is 0.835. The molecule has 0 aliphatic carbocycles. The van der Waals surface area contributed by atoms with Gasteiger partial charge in [-0.05, 0) is 17.7 Å². The fourth-order valence-corrected chi connectivity index (χ4v) is 2.78. The van der Waals surface area contributed by atoms with Crippen LogP contribution in [0.4, 0.5) is 0 Å². The molecule has 1 heterocycles. The van der Waals surface area contributed by atoms with Crippen molar-refractivity contribution < 1.29 is 4.74 Å². The van der Waals surface area contributed by atoms with Crippen LogP contribution in [-0.4, -0.2) is 4.98 Å². The van der Waals surface area contributed by atoms with Crippen molar-refractivity contribution in [3.63, 3.8) is 0 Å². The Balaban J connectivity index is 1.64. The lowest BCUT2D eigenvalue weighted by molar-refractivity contribution is 0.302. The van der Waals surface area contributed by atoms with Gasteiger partial charge in [-0.3, -0.25) is 0 Å². The lowest BCUT2D eigenvalue weighted by atomic mass is 10.2. The Labute approximate surface area is 128 Å². The van der Waals surface area contributed by atoms with Gasteiger partial charge in [-0.1, -0.05) is 42.5 Å². The summed E-state index contributed by atoms with van der Waals surface area (Å²) in [6.45, 7) is 1.03. The third-order valence-electron chi connectivity index (χ3n) is 3.12. The summed E-state index contributed by atoms with van der Waals surface area (Å²) in [5.41, 5.74) is 8.76. The van der Waals surface area contributed by atoms with Crippen molar-refractivity contribution >= 4 is 11.3 Å². The molecule has 0 amide bonds. The van der Waals surface area contributed by atoms with Gasteiger partial charge in [0.15, 0.2) is 0 Å². The van der Waals surface area contributed by atoms with Gasteiger partial charge in [0, 0.05) is 17.5 Å². The molecule has 21 heavy (non-hydrogen) atoms. The van der Waals surface area contributed by atoms with Crippen molar-refractivity contribution in [2.45, 2.75) is 13.2 Å². The fraction of sp³-hybridized carbons (Fsp3) is 0.118. The molecule has 0 saturated carbocycles. The number of aromatic nitrogens is 1. The van der Waals surface area contributed by atoms with E-state index in [2.05, 4.69) is 17.1 Å². The van der Waals surface area contributed by atoms with Crippen molar-refractivity contribution in [2.24, 2.45) is 5.73 Å². The topological polar surface area (TPSA) is 48.1 Å². The van der Waals surface area contributed by atoms with Crippen LogP contribution in [0, 0.1) is 0 Å². The maximum atomic E-state index is 5.74. The number of nitrogens with two attached hydrogens (primary N) is 1. The number of thiazole rings is 1. The molecule has 2 aromatic carbocycles. The second kappa shape index (κ2) is 6.52. The first-order valence-corrected chi connectivity index (χ1v) is 7.65. The molecule has 0 unspecified atom stereocenters. The molecule has 3 aromatic rings. The summed E-state index contributed by atoms with van der Waals surface area (Å²) in [6, 6.07) is 18.0. The highest BCUT2D eigenvalue weighted by Crippen LogP contribution is 2.24. The average Bonchev–Trinajstić information content (AvgIpc) is 3.03. The minimum absolute atomic E-state index is 0.477. The van der Waals surface area contributed by atoms with E-state index in [0.717, 1.165) is 27.6 Å². The van der Waals surface area contributed by atoms with Gasteiger partial charge in [-0.25, -0.2) is 4.98 Å². The monoisotopic (exact) mass is 296 g/mol. The highest BCUT2D eigenvalue weighted by molar-refractivity contribution is 7.13. The van der Waals surface area contributed by atoms with Crippen LogP contribution < -0.4 is 10.5 Å². The maximum absolute atomic E-state index is 5.74. The molecular weight excluding hydrogens is 280 g/mol. The van der Waals surface area contributed by atoms with Crippen LogP contribution in [0.3, 0.4) is 0 Å². The molecule has 4 heteroatoms. The normalized spacial score (nSPS) is 10.5. The summed E-state index contributed by atoms with van der Waals surface area (Å²) >= 11 is 1.64. The zero-order valence-corrected chi connectivity index (χ0v) is 12.3. The molecule has 3 nitrogen and oxygen atoms in total. The Morgan fingerprint density at radius 2 is 1.76 bits per heavy atom. The molecular formula is C17H16N2OS. The number of ether oxygens (including phenoxy) is 1. The standard InChI is InChI=1S/C17H16N2OS/c18-10-13-6-8-16(9-7-13)20-11-15-12-21-17(19-15)14-4-2-1-3-5-14/h1-9,12H,10-11,18H2. The van der Waals surface area contributed by atoms with Gasteiger partial charge in [0.1, 0.15) is 17.4 Å². The lowest BCUT2D eigenvalue weighted by Gasteiger charge is -2.04. The summed E-state index contributed by atoms with van der Waals surface area (Å²) in [7, 11) is 0. The molecule has 0 saturated heterocycles. The summed E-state index contributed by atoms with van der Waals surface area (Å²) in [5, 5.41) is 3.06. The minimum Gasteiger partial charge on any atom is -0.487 e. The molecule has 0 fully saturated rings. The van der Waals surface area contributed by atoms with E-state index < -0.39 is 0 Å². The molecule has 106 valence electrons. The zero-order valence-electron chi connectivity index (χ0n) is 11.5. The van der Waals surface area contributed by atoms with E-state index in [1.807, 2.05) is 47.8 Å². The maximum Gasteiger partial charge on any atom is 0.131 e. The second-order valence-electron chi connectivity index (χ2n) is 4.65. The molecule has 0 bridgehead atoms. The summed E-state index contributed by atoms with van der Waals surface area (Å²) in [6.07, 6.45) is 0. The van der Waals surface area contributed by atoms with E-state index in [-0.39, 0.29) is 0 Å². The molecule has 0 radical (unpaired) electrons. The van der Waals surface area contributed by atoms with Crippen LogP contribution in [0.1, 0.15) is 11.3 Å². The van der Waals surface area contributed by atoms with Crippen molar-refractivity contribution in [1.82, 2.24) is 4.98 Å². The molecule has 0 aliphatic heterocycles. The molecule has 1 aromatic heterocycles. The number of hydrogen-bond acceptors (Lipinski definition) is 4. The van der Waals surface area contributed by atoms with Crippen LogP contribution in [0.2, 0.25) is 0 Å². The minimum atomic E-state index is 0.477. The molecule has 0 spiro atoms. The van der Waals surface area contributed by atoms with Gasteiger partial charge >= 0.3 is 0 Å². The Morgan fingerprint density at radius 1 is 1.00 bits per heavy atom. The van der Waals surface area contributed by atoms with Gasteiger partial charge in [0.2, 0.25) is 0 Å². The second-order valence-corrected chi connectivity index (χ2v) is 5.50. The Hall–Kier alpha value is -2.17. The van der Waals surface area contributed by atoms with Crippen molar-refractivity contribution in [3.05, 3.63) is 71.2 Å². The van der Waals surface area contributed by atoms with Crippen LogP contribution in [0.25, 0.3) is 10.6 Å². The van der Waals surface area contributed by atoms with Crippen LogP contribution in [-0.2, 0) is 13.2 Å². The van der Waals surface area contributed by atoms with Crippen molar-refractivity contribution in [2.75, 3.05) is 0 Å². The Kier molecular flexibility index (Phi) is 4.28. The zero-order chi connectivity index (χ0) is 14.5. The number of hydrogen-bond donors (Lipinski definition) is 1. The predicted molar refractivity (Wildman–Crippen MR) is 86.2 cm³/mol. The number of benzene rings is 2. The SMILES string of the molecule is NCc1ccc(OCc2csc(-c3ccccc3)n2)cc1. The predicted octanol–water partition coefficient (Wildman–Crippen LogP) is 3.85. The van der Waals surface area contributed by atoms with Crippen LogP contribution in [0.5, 0.6) is 5.75 Å². The van der Waals surface area contributed by atoms with Crippen LogP contribution >= 0.6 is 11.3 Å². The van der Waals surface area contributed by atoms with E-state index >= 15 is 0 Å². The number of nitrogens with zero attached hydrogens (tertiary/aromatic N) is 1. The first-order valence-electron chi connectivity index (χ1n) is 6.77. The molecule has 2 N–H and O–H groups in total. The van der Waals surface area contributed by atoms with Gasteiger partial charge in [0.25, 0.3) is 0 Å². The van der Waals surface area contributed by atoms with Gasteiger partial charge in [-0.15, -0.1) is 11.3 Å². The van der Waals surface area contributed by atoms with Gasteiger partial charge < -0.3 is 10.5 Å². The largest absolute Gasteiger partial charge is 0.487 e. The van der Waals surface area contributed by atoms with Gasteiger partial charge in [-0.2, -0.15) is 0 Å². The first kappa shape index (κ1) is 13.8. The van der Waals surface area contributed by atoms with E-state index in [0.29, 0.717) is 13.2 Å². The quantitative estimate of drug-likeness (QED) is 0.778. The van der Waals surface area contributed by atoms with Crippen LogP contribution in [0.15, 0.2) is 60.0 Å². The number of rotatable bonds is 5. The molecule has 0 atom stereocenters. The van der Waals surface area contributed by atoms with E-state index in [4.69, 9.17) is 10.5 Å². The highest BCUT2D eigenvalue weighted by Gasteiger charge is 2.05. The Bertz CT molecular complexity index is 692. The third kappa shape index (κ3) is 3.48. The fourth-order valence-electron chi connectivity index (χ4n) is 1.97. The molecule has 0 aliphatic rings. The van der Waals surface area contributed by atoms with E-state index in [1.54, 1.807) is 11.3 Å². The highest BCUT2D eigenvalue weighted by atomic mass is 32.1.